The molecule has 0 bridgehead atoms. The van der Waals surface area contributed by atoms with Gasteiger partial charge < -0.3 is 4.98 Å². The summed E-state index contributed by atoms with van der Waals surface area (Å²) < 4.78 is 0. The number of aromatic nitrogens is 1. The highest BCUT2D eigenvalue weighted by molar-refractivity contribution is 7.80. The van der Waals surface area contributed by atoms with Gasteiger partial charge in [-0.3, -0.25) is 4.90 Å². The molecule has 0 saturated heterocycles. The van der Waals surface area contributed by atoms with Gasteiger partial charge in [-0.25, -0.2) is 0 Å². The molecule has 5 heteroatoms. The molecule has 22 heavy (non-hydrogen) atoms. The highest BCUT2D eigenvalue weighted by atomic mass is 32.1. The van der Waals surface area contributed by atoms with Crippen LogP contribution in [0.25, 0.3) is 10.9 Å². The normalized spacial score (nSPS) is 17.5. The van der Waals surface area contributed by atoms with Gasteiger partial charge in [-0.1, -0.05) is 36.4 Å². The van der Waals surface area contributed by atoms with Crippen molar-refractivity contribution in [1.29, 1.82) is 0 Å². The van der Waals surface area contributed by atoms with E-state index in [1.165, 1.54) is 10.9 Å². The van der Waals surface area contributed by atoms with E-state index in [9.17, 15) is 0 Å². The zero-order chi connectivity index (χ0) is 14.9. The van der Waals surface area contributed by atoms with E-state index in [2.05, 4.69) is 33.4 Å². The third kappa shape index (κ3) is 2.19. The average Bonchev–Trinajstić information content (AvgIpc) is 3.13. The summed E-state index contributed by atoms with van der Waals surface area (Å²) in [4.78, 5) is 5.32. The van der Waals surface area contributed by atoms with E-state index in [0.29, 0.717) is 5.11 Å². The minimum Gasteiger partial charge on any atom is -0.361 e. The number of rotatable bonds is 3. The molecule has 0 saturated carbocycles. The third-order valence-corrected chi connectivity index (χ3v) is 4.17. The fourth-order valence-corrected chi connectivity index (χ4v) is 3.12. The lowest BCUT2D eigenvalue weighted by molar-refractivity contribution is 0.702. The van der Waals surface area contributed by atoms with Crippen LogP contribution in [0.4, 0.5) is 5.69 Å². The quantitative estimate of drug-likeness (QED) is 0.733. The molecule has 1 N–H and O–H groups in total. The van der Waals surface area contributed by atoms with Crippen LogP contribution in [0.15, 0.2) is 71.0 Å². The summed E-state index contributed by atoms with van der Waals surface area (Å²) in [5.74, 6) is 0. The Labute approximate surface area is 133 Å². The lowest BCUT2D eigenvalue weighted by Crippen LogP contribution is -2.34. The van der Waals surface area contributed by atoms with Gasteiger partial charge in [0.2, 0.25) is 5.11 Å². The second kappa shape index (κ2) is 5.35. The summed E-state index contributed by atoms with van der Waals surface area (Å²) in [5, 5.41) is 10.2. The first-order valence-electron chi connectivity index (χ1n) is 7.17. The Hall–Kier alpha value is -2.53. The van der Waals surface area contributed by atoms with Crippen molar-refractivity contribution in [3.63, 3.8) is 0 Å². The molecule has 3 aromatic rings. The predicted octanol–water partition coefficient (Wildman–Crippen LogP) is 4.29. The Bertz CT molecular complexity index is 853. The molecule has 108 valence electrons. The summed E-state index contributed by atoms with van der Waals surface area (Å²) in [6.07, 6.45) is 2.72. The van der Waals surface area contributed by atoms with E-state index in [1.54, 1.807) is 0 Å². The number of H-pyrrole nitrogens is 1. The van der Waals surface area contributed by atoms with Crippen molar-refractivity contribution < 1.29 is 0 Å². The third-order valence-electron chi connectivity index (χ3n) is 3.89. The van der Waals surface area contributed by atoms with Crippen LogP contribution >= 0.6 is 12.2 Å². The molecule has 1 unspecified atom stereocenters. The van der Waals surface area contributed by atoms with Gasteiger partial charge in [0, 0.05) is 29.2 Å². The standard InChI is InChI=1S/C17H14N4S/c22-17-20-19-16(21(17)13-6-2-1-3-7-13)10-12-11-18-15-9-5-4-8-14(12)15/h1-9,11,16,18H,10H2. The molecule has 1 atom stereocenters. The number of anilines is 1. The second-order valence-electron chi connectivity index (χ2n) is 5.25. The summed E-state index contributed by atoms with van der Waals surface area (Å²) in [5.41, 5.74) is 3.40. The van der Waals surface area contributed by atoms with Crippen LogP contribution < -0.4 is 4.90 Å². The van der Waals surface area contributed by atoms with Crippen LogP contribution in [0, 0.1) is 0 Å². The van der Waals surface area contributed by atoms with E-state index in [4.69, 9.17) is 12.2 Å². The number of thiocarbonyl (C=S) groups is 1. The lowest BCUT2D eigenvalue weighted by atomic mass is 10.1. The molecule has 0 spiro atoms. The fourth-order valence-electron chi connectivity index (χ4n) is 2.84. The van der Waals surface area contributed by atoms with Crippen molar-refractivity contribution in [3.05, 3.63) is 66.4 Å². The summed E-state index contributed by atoms with van der Waals surface area (Å²) in [7, 11) is 0. The Morgan fingerprint density at radius 1 is 1.05 bits per heavy atom. The first kappa shape index (κ1) is 13.2. The van der Waals surface area contributed by atoms with Gasteiger partial charge in [-0.05, 0) is 36.0 Å². The van der Waals surface area contributed by atoms with Gasteiger partial charge in [0.25, 0.3) is 0 Å². The van der Waals surface area contributed by atoms with Crippen LogP contribution in [0.2, 0.25) is 0 Å². The first-order valence-corrected chi connectivity index (χ1v) is 7.58. The van der Waals surface area contributed by atoms with Gasteiger partial charge in [-0.15, -0.1) is 5.11 Å². The summed E-state index contributed by atoms with van der Waals surface area (Å²) >= 11 is 5.35. The smallest absolute Gasteiger partial charge is 0.222 e. The maximum absolute atomic E-state index is 5.35. The number of hydrogen-bond donors (Lipinski definition) is 1. The summed E-state index contributed by atoms with van der Waals surface area (Å²) in [6, 6.07) is 18.3. The Morgan fingerprint density at radius 2 is 1.82 bits per heavy atom. The molecule has 1 aromatic heterocycles. The number of nitrogens with zero attached hydrogens (tertiary/aromatic N) is 3. The average molecular weight is 306 g/mol. The van der Waals surface area contributed by atoms with Gasteiger partial charge in [-0.2, -0.15) is 5.11 Å². The number of para-hydroxylation sites is 2. The Balaban J connectivity index is 1.67. The Morgan fingerprint density at radius 3 is 2.68 bits per heavy atom. The van der Waals surface area contributed by atoms with E-state index in [-0.39, 0.29) is 6.17 Å². The van der Waals surface area contributed by atoms with E-state index in [1.807, 2.05) is 47.5 Å². The van der Waals surface area contributed by atoms with E-state index < -0.39 is 0 Å². The highest BCUT2D eigenvalue weighted by Crippen LogP contribution is 2.27. The van der Waals surface area contributed by atoms with Crippen LogP contribution in [0.1, 0.15) is 5.56 Å². The molecule has 4 rings (SSSR count). The van der Waals surface area contributed by atoms with Gasteiger partial charge in [0.05, 0.1) is 0 Å². The van der Waals surface area contributed by atoms with Crippen LogP contribution in [0.3, 0.4) is 0 Å². The maximum Gasteiger partial charge on any atom is 0.222 e. The molecule has 1 aliphatic heterocycles. The van der Waals surface area contributed by atoms with Crippen molar-refractivity contribution in [3.8, 4) is 0 Å². The van der Waals surface area contributed by atoms with Gasteiger partial charge in [0.15, 0.2) is 6.17 Å². The van der Waals surface area contributed by atoms with Gasteiger partial charge in [0.1, 0.15) is 0 Å². The second-order valence-corrected chi connectivity index (χ2v) is 5.61. The van der Waals surface area contributed by atoms with E-state index in [0.717, 1.165) is 17.6 Å². The van der Waals surface area contributed by atoms with Crippen LogP contribution in [0.5, 0.6) is 0 Å². The van der Waals surface area contributed by atoms with Crippen molar-refractivity contribution in [1.82, 2.24) is 4.98 Å². The van der Waals surface area contributed by atoms with Crippen LogP contribution in [-0.4, -0.2) is 16.3 Å². The zero-order valence-corrected chi connectivity index (χ0v) is 12.6. The molecule has 2 heterocycles. The molecule has 0 aliphatic carbocycles. The SMILES string of the molecule is S=C1N=NC(Cc2c[nH]c3ccccc23)N1c1ccccc1. The van der Waals surface area contributed by atoms with Crippen molar-refractivity contribution >= 4 is 33.9 Å². The molecule has 2 aromatic carbocycles. The molecule has 0 radical (unpaired) electrons. The molecule has 0 fully saturated rings. The minimum atomic E-state index is -0.0888. The number of benzene rings is 2. The van der Waals surface area contributed by atoms with Gasteiger partial charge >= 0.3 is 0 Å². The summed E-state index contributed by atoms with van der Waals surface area (Å²) in [6.45, 7) is 0. The number of hydrogen-bond acceptors (Lipinski definition) is 2. The number of fused-ring (bicyclic) bond motifs is 1. The largest absolute Gasteiger partial charge is 0.361 e. The molecular weight excluding hydrogens is 292 g/mol. The number of aromatic amines is 1. The van der Waals surface area contributed by atoms with E-state index >= 15 is 0 Å². The van der Waals surface area contributed by atoms with Crippen molar-refractivity contribution in [2.24, 2.45) is 10.2 Å². The first-order chi connectivity index (χ1) is 10.8. The van der Waals surface area contributed by atoms with Crippen LogP contribution in [-0.2, 0) is 6.42 Å². The fraction of sp³-hybridized carbons (Fsp3) is 0.118. The molecule has 1 aliphatic rings. The zero-order valence-electron chi connectivity index (χ0n) is 11.8. The molecule has 4 nitrogen and oxygen atoms in total. The highest BCUT2D eigenvalue weighted by Gasteiger charge is 2.28. The number of azo groups is 1. The number of nitrogens with one attached hydrogen (secondary N) is 1. The molecular formula is C17H14N4S. The molecule has 0 amide bonds. The van der Waals surface area contributed by atoms with Crippen molar-refractivity contribution in [2.75, 3.05) is 4.90 Å². The Kier molecular flexibility index (Phi) is 3.20. The lowest BCUT2D eigenvalue weighted by Gasteiger charge is -2.22. The minimum absolute atomic E-state index is 0.0888. The monoisotopic (exact) mass is 306 g/mol. The predicted molar refractivity (Wildman–Crippen MR) is 92.2 cm³/mol. The topological polar surface area (TPSA) is 43.8 Å². The van der Waals surface area contributed by atoms with Crippen molar-refractivity contribution in [2.45, 2.75) is 12.6 Å². The maximum atomic E-state index is 5.35.